The highest BCUT2D eigenvalue weighted by atomic mass is 16.5. The molecule has 0 fully saturated rings. The van der Waals surface area contributed by atoms with Crippen LogP contribution in [0.2, 0.25) is 0 Å². The zero-order valence-corrected chi connectivity index (χ0v) is 28.9. The number of nitrogens with zero attached hydrogens (tertiary/aromatic N) is 1. The van der Waals surface area contributed by atoms with E-state index in [2.05, 4.69) is 21.6 Å². The molecule has 0 spiro atoms. The second-order valence-corrected chi connectivity index (χ2v) is 12.2. The number of hydrogen-bond acceptors (Lipinski definition) is 11. The van der Waals surface area contributed by atoms with Crippen molar-refractivity contribution in [2.75, 3.05) is 27.3 Å². The summed E-state index contributed by atoms with van der Waals surface area (Å²) >= 11 is 0. The van der Waals surface area contributed by atoms with Crippen molar-refractivity contribution in [2.45, 2.75) is 59.8 Å². The Morgan fingerprint density at radius 2 is 1.43 bits per heavy atom. The summed E-state index contributed by atoms with van der Waals surface area (Å²) in [6, 6.07) is 3.62. The zero-order valence-electron chi connectivity index (χ0n) is 28.9. The second-order valence-electron chi connectivity index (χ2n) is 12.2. The predicted molar refractivity (Wildman–Crippen MR) is 191 cm³/mol. The number of carbonyl (C=O) groups is 2. The predicted octanol–water partition coefficient (Wildman–Crippen LogP) is 4.77. The minimum atomic E-state index is -0.484. The van der Waals surface area contributed by atoms with Crippen molar-refractivity contribution in [3.63, 3.8) is 0 Å². The molecule has 11 heteroatoms. The van der Waals surface area contributed by atoms with Gasteiger partial charge in [0.25, 0.3) is 0 Å². The standard InChI is InChI=1S/C38H44N2O9/c1-9-22-23-14-19(4)30(36(45)32(23)25(21(6)34(22)43)16-39-12-10-27(41)48-7)31-20(5)15-24-29(18(2)3)38(47)35(44)26(33(24)37(31)46)17-40-13-11-28(42)49-8/h14-18,39,43-47H,6,9-13H2,1-5,7-8H3/b25-16+,40-17?. The van der Waals surface area contributed by atoms with Crippen LogP contribution in [0.5, 0.6) is 28.7 Å². The van der Waals surface area contributed by atoms with E-state index in [1.807, 2.05) is 26.8 Å². The average Bonchev–Trinajstić information content (AvgIpc) is 3.05. The lowest BCUT2D eigenvalue weighted by molar-refractivity contribution is -0.141. The highest BCUT2D eigenvalue weighted by Crippen LogP contribution is 2.51. The number of aromatic hydroxyl groups is 5. The number of phenols is 5. The van der Waals surface area contributed by atoms with Crippen LogP contribution in [0.3, 0.4) is 0 Å². The molecule has 0 saturated heterocycles. The van der Waals surface area contributed by atoms with Gasteiger partial charge >= 0.3 is 11.9 Å². The highest BCUT2D eigenvalue weighted by Gasteiger charge is 2.27. The number of rotatable bonds is 11. The van der Waals surface area contributed by atoms with Crippen LogP contribution in [-0.4, -0.2) is 71.0 Å². The molecule has 0 aromatic heterocycles. The number of methoxy groups -OCH3 is 2. The summed E-state index contributed by atoms with van der Waals surface area (Å²) in [5.41, 5.74) is 2.82. The van der Waals surface area contributed by atoms with E-state index < -0.39 is 17.7 Å². The Morgan fingerprint density at radius 3 is 2.00 bits per heavy atom. The molecule has 0 aliphatic carbocycles. The van der Waals surface area contributed by atoms with E-state index in [-0.39, 0.29) is 76.6 Å². The number of ether oxygens (including phenoxy) is 2. The van der Waals surface area contributed by atoms with Gasteiger partial charge in [0, 0.05) is 74.5 Å². The van der Waals surface area contributed by atoms with Gasteiger partial charge in [-0.15, -0.1) is 0 Å². The molecule has 0 heterocycles. The van der Waals surface area contributed by atoms with Crippen LogP contribution in [0.15, 0.2) is 17.1 Å². The lowest BCUT2D eigenvalue weighted by atomic mass is 9.84. The Morgan fingerprint density at radius 1 is 0.857 bits per heavy atom. The normalized spacial score (nSPS) is 12.0. The fraction of sp³-hybridized carbons (Fsp3) is 0.342. The Balaban J connectivity index is 2.12. The molecule has 0 radical (unpaired) electrons. The minimum absolute atomic E-state index is 0.0112. The van der Waals surface area contributed by atoms with Gasteiger partial charge in [0.1, 0.15) is 17.2 Å². The number of hydrogen-bond donors (Lipinski definition) is 6. The third kappa shape index (κ3) is 6.65. The van der Waals surface area contributed by atoms with E-state index in [0.717, 1.165) is 0 Å². The van der Waals surface area contributed by atoms with Gasteiger partial charge in [-0.2, -0.15) is 0 Å². The average molecular weight is 673 g/mol. The first-order valence-corrected chi connectivity index (χ1v) is 16.0. The molecule has 0 aliphatic heterocycles. The molecule has 0 aliphatic rings. The van der Waals surface area contributed by atoms with Crippen molar-refractivity contribution in [1.29, 1.82) is 0 Å². The summed E-state index contributed by atoms with van der Waals surface area (Å²) in [6.07, 6.45) is 3.40. The molecule has 4 rings (SSSR count). The number of nitrogens with one attached hydrogen (secondary N) is 1. The molecule has 49 heavy (non-hydrogen) atoms. The number of esters is 2. The van der Waals surface area contributed by atoms with Crippen molar-refractivity contribution in [2.24, 2.45) is 4.99 Å². The van der Waals surface area contributed by atoms with Crippen LogP contribution in [0, 0.1) is 13.8 Å². The molecule has 260 valence electrons. The number of aryl methyl sites for hydroxylation is 3. The van der Waals surface area contributed by atoms with Crippen molar-refractivity contribution < 1.29 is 44.6 Å². The number of phenolic OH excluding ortho intramolecular Hbond substituents is 5. The molecule has 4 aromatic rings. The van der Waals surface area contributed by atoms with Crippen LogP contribution in [0.1, 0.15) is 67.3 Å². The Bertz CT molecular complexity index is 2120. The molecular formula is C38H44N2O9. The van der Waals surface area contributed by atoms with Gasteiger partial charge in [-0.25, -0.2) is 0 Å². The van der Waals surface area contributed by atoms with Gasteiger partial charge in [0.05, 0.1) is 27.1 Å². The fourth-order valence-corrected chi connectivity index (χ4v) is 6.41. The maximum Gasteiger partial charge on any atom is 0.307 e. The van der Waals surface area contributed by atoms with Crippen molar-refractivity contribution in [3.8, 4) is 39.9 Å². The van der Waals surface area contributed by atoms with E-state index in [1.54, 1.807) is 26.1 Å². The maximum atomic E-state index is 12.2. The summed E-state index contributed by atoms with van der Waals surface area (Å²) in [6.45, 7) is 13.5. The minimum Gasteiger partial charge on any atom is -0.507 e. The third-order valence-corrected chi connectivity index (χ3v) is 8.80. The molecule has 0 atom stereocenters. The highest BCUT2D eigenvalue weighted by molar-refractivity contribution is 6.12. The largest absolute Gasteiger partial charge is 0.507 e. The molecule has 0 unspecified atom stereocenters. The molecule has 0 bridgehead atoms. The number of fused-ring (bicyclic) bond motifs is 2. The second kappa shape index (κ2) is 14.8. The molecule has 0 amide bonds. The first-order chi connectivity index (χ1) is 23.2. The summed E-state index contributed by atoms with van der Waals surface area (Å²) in [4.78, 5) is 27.6. The van der Waals surface area contributed by atoms with Crippen LogP contribution in [0.25, 0.3) is 45.5 Å². The summed E-state index contributed by atoms with van der Waals surface area (Å²) in [7, 11) is 2.57. The molecule has 11 nitrogen and oxygen atoms in total. The van der Waals surface area contributed by atoms with E-state index in [0.29, 0.717) is 55.6 Å². The lowest BCUT2D eigenvalue weighted by Gasteiger charge is -2.22. The third-order valence-electron chi connectivity index (χ3n) is 8.80. The number of carbonyl (C=O) groups excluding carboxylic acids is 2. The van der Waals surface area contributed by atoms with E-state index in [9.17, 15) is 35.1 Å². The molecule has 4 aromatic carbocycles. The van der Waals surface area contributed by atoms with Crippen molar-refractivity contribution >= 4 is 52.5 Å². The van der Waals surface area contributed by atoms with Gasteiger partial charge in [-0.1, -0.05) is 39.5 Å². The van der Waals surface area contributed by atoms with Crippen LogP contribution in [0.4, 0.5) is 0 Å². The lowest BCUT2D eigenvalue weighted by Crippen LogP contribution is -2.29. The van der Waals surface area contributed by atoms with Gasteiger partial charge in [0.2, 0.25) is 0 Å². The first kappa shape index (κ1) is 36.4. The number of aliphatic imine (C=N–C) groups is 1. The van der Waals surface area contributed by atoms with Crippen LogP contribution >= 0.6 is 0 Å². The number of benzene rings is 4. The van der Waals surface area contributed by atoms with Crippen molar-refractivity contribution in [1.82, 2.24) is 5.32 Å². The SMILES string of the molecule is C=c1c(O)c(CC)c2cc(C)c(-c3c(C)cc4c(C(C)C)c(O)c(O)c(C=NCCC(=O)OC)c4c3O)c(O)c2/c1=C/NCCC(=O)OC. The summed E-state index contributed by atoms with van der Waals surface area (Å²) < 4.78 is 9.39. The molecule has 0 saturated carbocycles. The molecular weight excluding hydrogens is 628 g/mol. The smallest absolute Gasteiger partial charge is 0.307 e. The monoisotopic (exact) mass is 672 g/mol. The van der Waals surface area contributed by atoms with Gasteiger partial charge < -0.3 is 40.3 Å². The maximum absolute atomic E-state index is 12.2. The summed E-state index contributed by atoms with van der Waals surface area (Å²) in [5.74, 6) is -2.39. The quantitative estimate of drug-likeness (QED) is 0.0563. The van der Waals surface area contributed by atoms with E-state index >= 15 is 0 Å². The Kier molecular flexibility index (Phi) is 11.0. The molecule has 6 N–H and O–H groups in total. The Labute approximate surface area is 284 Å². The first-order valence-electron chi connectivity index (χ1n) is 16.0. The van der Waals surface area contributed by atoms with Crippen LogP contribution in [-0.2, 0) is 25.5 Å². The fourth-order valence-electron chi connectivity index (χ4n) is 6.41. The van der Waals surface area contributed by atoms with E-state index in [1.165, 1.54) is 20.4 Å². The van der Waals surface area contributed by atoms with Crippen LogP contribution < -0.4 is 15.8 Å². The van der Waals surface area contributed by atoms with Crippen molar-refractivity contribution in [3.05, 3.63) is 50.4 Å². The Hall–Kier alpha value is -5.45. The zero-order chi connectivity index (χ0) is 36.3. The topological polar surface area (TPSA) is 178 Å². The van der Waals surface area contributed by atoms with E-state index in [4.69, 9.17) is 4.74 Å². The van der Waals surface area contributed by atoms with Gasteiger partial charge in [-0.3, -0.25) is 14.6 Å². The van der Waals surface area contributed by atoms with Gasteiger partial charge in [0.15, 0.2) is 11.5 Å². The summed E-state index contributed by atoms with van der Waals surface area (Å²) in [5, 5.41) is 63.1. The van der Waals surface area contributed by atoms with Gasteiger partial charge in [-0.05, 0) is 48.1 Å².